The number of carbonyl (C=O) groups excluding carboxylic acids is 11. The van der Waals surface area contributed by atoms with E-state index in [0.29, 0.717) is 28.7 Å². The first-order valence-electron chi connectivity index (χ1n) is 40.6. The molecular formula is C93H118O22. The van der Waals surface area contributed by atoms with Gasteiger partial charge in [0.05, 0.1) is 60.9 Å². The van der Waals surface area contributed by atoms with E-state index in [4.69, 9.17) is 52.1 Å². The Morgan fingerprint density at radius 3 is 0.800 bits per heavy atom. The second kappa shape index (κ2) is 51.9. The molecule has 0 heterocycles. The normalized spacial score (nSPS) is 13.5. The van der Waals surface area contributed by atoms with Crippen LogP contribution >= 0.6 is 0 Å². The van der Waals surface area contributed by atoms with Crippen molar-refractivity contribution in [2.24, 2.45) is 34.5 Å². The predicted octanol–water partition coefficient (Wildman–Crippen LogP) is 19.0. The fraction of sp³-hybridized carbons (Fsp3) is 0.473. The Bertz CT molecular complexity index is 3590. The zero-order valence-corrected chi connectivity index (χ0v) is 69.0. The second-order valence-electron chi connectivity index (χ2n) is 29.4. The molecule has 4 atom stereocenters. The molecule has 4 unspecified atom stereocenters. The number of rotatable bonds is 52. The summed E-state index contributed by atoms with van der Waals surface area (Å²) in [4.78, 5) is 150. The lowest BCUT2D eigenvalue weighted by Gasteiger charge is -2.27. The first-order chi connectivity index (χ1) is 55.3. The van der Waals surface area contributed by atoms with Crippen LogP contribution in [0.2, 0.25) is 0 Å². The first-order valence-corrected chi connectivity index (χ1v) is 40.6. The van der Waals surface area contributed by atoms with E-state index < -0.39 is 114 Å². The number of carbonyl (C=O) groups is 11. The smallest absolute Gasteiger partial charge is 0.338 e. The molecule has 0 saturated heterocycles. The van der Waals surface area contributed by atoms with Crippen molar-refractivity contribution in [1.29, 1.82) is 0 Å². The van der Waals surface area contributed by atoms with E-state index >= 15 is 9.59 Å². The average Bonchev–Trinajstić information content (AvgIpc) is 0.810. The minimum atomic E-state index is -2.05. The van der Waals surface area contributed by atoms with E-state index in [0.717, 1.165) is 127 Å². The van der Waals surface area contributed by atoms with Crippen molar-refractivity contribution in [3.8, 4) is 11.5 Å². The summed E-state index contributed by atoms with van der Waals surface area (Å²) in [5.41, 5.74) is -1.98. The van der Waals surface area contributed by atoms with Gasteiger partial charge in [-0.3, -0.25) is 9.59 Å². The Balaban J connectivity index is 1.49. The molecule has 5 rings (SSSR count). The minimum Gasteiger partial charge on any atom is -0.462 e. The summed E-state index contributed by atoms with van der Waals surface area (Å²) in [6.07, 6.45) is 27.5. The zero-order chi connectivity index (χ0) is 84.0. The number of hydrogen-bond donors (Lipinski definition) is 0. The molecule has 0 aliphatic heterocycles. The summed E-state index contributed by atoms with van der Waals surface area (Å²) in [6, 6.07) is 27.5. The third-order valence-electron chi connectivity index (χ3n) is 19.5. The van der Waals surface area contributed by atoms with Crippen molar-refractivity contribution in [2.45, 2.75) is 192 Å². The molecule has 22 nitrogen and oxygen atoms in total. The van der Waals surface area contributed by atoms with Gasteiger partial charge in [-0.05, 0) is 177 Å². The van der Waals surface area contributed by atoms with Crippen molar-refractivity contribution >= 4 is 90.0 Å². The first kappa shape index (κ1) is 94.8. The molecule has 5 aromatic rings. The predicted molar refractivity (Wildman–Crippen MR) is 439 cm³/mol. The third kappa shape index (κ3) is 34.8. The second-order valence-corrected chi connectivity index (χ2v) is 29.4. The van der Waals surface area contributed by atoms with Gasteiger partial charge in [-0.25, -0.2) is 43.2 Å². The minimum absolute atomic E-state index is 0.00732. The molecule has 0 amide bonds. The van der Waals surface area contributed by atoms with Crippen LogP contribution in [0.3, 0.4) is 0 Å². The van der Waals surface area contributed by atoms with E-state index in [1.54, 1.807) is 48.5 Å². The topological polar surface area (TPSA) is 289 Å². The highest BCUT2D eigenvalue weighted by Gasteiger charge is 2.42. The largest absolute Gasteiger partial charge is 0.462 e. The average molecular weight is 1590 g/mol. The lowest BCUT2D eigenvalue weighted by atomic mass is 9.93. The summed E-state index contributed by atoms with van der Waals surface area (Å²) in [5.74, 6) is -8.84. The molecule has 0 spiro atoms. The molecule has 0 aliphatic carbocycles. The Kier molecular flexibility index (Phi) is 42.8. The number of hydrogen-bond acceptors (Lipinski definition) is 22. The number of unbranched alkanes of at least 4 members (excludes halogenated alkanes) is 5. The molecule has 0 aromatic heterocycles. The fourth-order valence-electron chi connectivity index (χ4n) is 11.8. The van der Waals surface area contributed by atoms with Crippen molar-refractivity contribution in [3.63, 3.8) is 0 Å². The lowest BCUT2D eigenvalue weighted by Crippen LogP contribution is -2.42. The van der Waals surface area contributed by atoms with Crippen molar-refractivity contribution in [3.05, 3.63) is 190 Å². The summed E-state index contributed by atoms with van der Waals surface area (Å²) in [5, 5.41) is 0. The molecule has 115 heavy (non-hydrogen) atoms. The summed E-state index contributed by atoms with van der Waals surface area (Å²) in [6.45, 7) is 19.2. The van der Waals surface area contributed by atoms with Gasteiger partial charge in [0.2, 0.25) is 0 Å². The van der Waals surface area contributed by atoms with Crippen LogP contribution < -0.4 is 9.47 Å². The van der Waals surface area contributed by atoms with Crippen LogP contribution in [0.25, 0.3) is 24.3 Å². The van der Waals surface area contributed by atoms with Crippen LogP contribution in [-0.2, 0) is 71.4 Å². The third-order valence-corrected chi connectivity index (χ3v) is 19.5. The molecule has 0 fully saturated rings. The van der Waals surface area contributed by atoms with Crippen LogP contribution in [-0.4, -0.2) is 125 Å². The molecule has 0 radical (unpaired) electrons. The molecule has 22 heteroatoms. The highest BCUT2D eigenvalue weighted by Crippen LogP contribution is 2.32. The monoisotopic (exact) mass is 1590 g/mol. The van der Waals surface area contributed by atoms with Gasteiger partial charge in [0.15, 0.2) is 0 Å². The van der Waals surface area contributed by atoms with Gasteiger partial charge < -0.3 is 52.1 Å². The maximum Gasteiger partial charge on any atom is 0.338 e. The maximum absolute atomic E-state index is 15.0. The molecule has 622 valence electrons. The van der Waals surface area contributed by atoms with E-state index in [2.05, 4.69) is 34.6 Å². The van der Waals surface area contributed by atoms with Gasteiger partial charge in [0.1, 0.15) is 48.8 Å². The van der Waals surface area contributed by atoms with Gasteiger partial charge in [0.25, 0.3) is 0 Å². The highest BCUT2D eigenvalue weighted by molar-refractivity contribution is 5.95. The van der Waals surface area contributed by atoms with Crippen LogP contribution in [0.5, 0.6) is 11.5 Å². The Labute approximate surface area is 678 Å². The number of benzene rings is 5. The zero-order valence-electron chi connectivity index (χ0n) is 69.0. The van der Waals surface area contributed by atoms with Crippen molar-refractivity contribution in [2.75, 3.05) is 59.5 Å². The van der Waals surface area contributed by atoms with Crippen molar-refractivity contribution < 1.29 is 105 Å². The quantitative estimate of drug-likeness (QED) is 0.0115. The van der Waals surface area contributed by atoms with Gasteiger partial charge in [-0.1, -0.05) is 194 Å². The van der Waals surface area contributed by atoms with Gasteiger partial charge in [0, 0.05) is 30.4 Å². The molecule has 5 aromatic carbocycles. The summed E-state index contributed by atoms with van der Waals surface area (Å²) < 4.78 is 62.8. The van der Waals surface area contributed by atoms with Crippen LogP contribution in [0, 0.1) is 34.5 Å². The van der Waals surface area contributed by atoms with Crippen molar-refractivity contribution in [1.82, 2.24) is 0 Å². The Morgan fingerprint density at radius 1 is 0.296 bits per heavy atom. The van der Waals surface area contributed by atoms with E-state index in [1.165, 1.54) is 111 Å². The van der Waals surface area contributed by atoms with E-state index in [9.17, 15) is 43.2 Å². The van der Waals surface area contributed by atoms with Gasteiger partial charge >= 0.3 is 65.7 Å². The summed E-state index contributed by atoms with van der Waals surface area (Å²) in [7, 11) is 0. The van der Waals surface area contributed by atoms with Crippen LogP contribution in [0.1, 0.15) is 266 Å². The van der Waals surface area contributed by atoms with Crippen LogP contribution in [0.15, 0.2) is 140 Å². The highest BCUT2D eigenvalue weighted by atomic mass is 16.6. The van der Waals surface area contributed by atoms with E-state index in [-0.39, 0.29) is 84.5 Å². The number of ether oxygens (including phenoxy) is 11. The summed E-state index contributed by atoms with van der Waals surface area (Å²) >= 11 is 0. The molecular weight excluding hydrogens is 1470 g/mol. The standard InChI is InChI=1S/C93H118O22/c1-12-21-22-23-24-25-54-105-89(102)78-55-79(114-90(103)92(10,62-110-85(98)74-42-30-70(31-43-74)38-50-81(94)106-58-66(17-6)26-13-2)63-111-86(99)75-44-32-71(33-45-75)39-51-82(95)107-59-67(18-7)27-14-3)57-80(56-78)115-91(104)93(11,64-112-87(100)76-46-34-72(35-47-76)40-52-83(96)108-60-68(19-8)28-15-4)65-113-88(101)77-48-36-73(37-49-77)41-53-84(97)109-61-69(20-9)29-16-5/h30-53,55-57,66-69H,12-29,54,58-65H2,1-11H3. The van der Waals surface area contributed by atoms with Gasteiger partial charge in [-0.2, -0.15) is 0 Å². The van der Waals surface area contributed by atoms with E-state index in [1.807, 2.05) is 27.7 Å². The fourth-order valence-corrected chi connectivity index (χ4v) is 11.8. The Hall–Kier alpha value is -10.8. The molecule has 0 N–H and O–H groups in total. The van der Waals surface area contributed by atoms with Crippen LogP contribution in [0.4, 0.5) is 0 Å². The molecule has 0 aliphatic rings. The SMILES string of the molecule is CCCCCCCCOC(=O)c1cc(OC(=O)C(C)(COC(=O)c2ccc(C=CC(=O)OCC(CC)CCC)cc2)COC(=O)c2ccc(C=CC(=O)OCC(CC)CCC)cc2)cc(OC(=O)C(C)(COC(=O)c2ccc(C=CC(=O)OCC(CC)CCC)cc2)COC(=O)c2ccc(C=CC(=O)OCC(CC)CCC)cc2)c1. The van der Waals surface area contributed by atoms with Gasteiger partial charge in [-0.15, -0.1) is 0 Å². The maximum atomic E-state index is 15.0. The Morgan fingerprint density at radius 2 is 0.548 bits per heavy atom. The molecule has 0 saturated carbocycles. The number of esters is 11. The lowest BCUT2D eigenvalue weighted by molar-refractivity contribution is -0.150. The molecule has 0 bridgehead atoms.